The van der Waals surface area contributed by atoms with Crippen molar-refractivity contribution in [1.29, 1.82) is 0 Å². The fourth-order valence-corrected chi connectivity index (χ4v) is 4.03. The summed E-state index contributed by atoms with van der Waals surface area (Å²) in [5.41, 5.74) is 1.97. The zero-order valence-corrected chi connectivity index (χ0v) is 16.3. The zero-order chi connectivity index (χ0) is 20.2. The molecule has 6 nitrogen and oxygen atoms in total. The summed E-state index contributed by atoms with van der Waals surface area (Å²) >= 11 is 0. The molecule has 4 rings (SSSR count). The molecule has 0 aliphatic carbocycles. The highest BCUT2D eigenvalue weighted by Gasteiger charge is 2.33. The summed E-state index contributed by atoms with van der Waals surface area (Å²) in [7, 11) is 0. The van der Waals surface area contributed by atoms with Crippen molar-refractivity contribution in [1.82, 2.24) is 10.2 Å². The Bertz CT molecular complexity index is 851. The molecule has 29 heavy (non-hydrogen) atoms. The fourth-order valence-electron chi connectivity index (χ4n) is 4.03. The molecule has 0 bridgehead atoms. The number of anilines is 1. The van der Waals surface area contributed by atoms with Gasteiger partial charge in [0.1, 0.15) is 12.4 Å². The van der Waals surface area contributed by atoms with Crippen molar-refractivity contribution in [2.45, 2.75) is 19.0 Å². The minimum atomic E-state index is -0.334. The smallest absolute Gasteiger partial charge is 0.318 e. The van der Waals surface area contributed by atoms with E-state index in [1.54, 1.807) is 17.0 Å². The van der Waals surface area contributed by atoms with Gasteiger partial charge >= 0.3 is 6.03 Å². The van der Waals surface area contributed by atoms with Gasteiger partial charge in [0, 0.05) is 24.2 Å². The molecule has 0 aromatic heterocycles. The van der Waals surface area contributed by atoms with Gasteiger partial charge in [-0.05, 0) is 24.3 Å². The Kier molecular flexibility index (Phi) is 5.76. The van der Waals surface area contributed by atoms with E-state index in [9.17, 15) is 14.0 Å². The van der Waals surface area contributed by atoms with E-state index in [0.717, 1.165) is 19.6 Å². The zero-order valence-electron chi connectivity index (χ0n) is 16.3. The molecule has 2 N–H and O–H groups in total. The third-order valence-corrected chi connectivity index (χ3v) is 5.65. The van der Waals surface area contributed by atoms with Crippen molar-refractivity contribution < 1.29 is 18.9 Å². The van der Waals surface area contributed by atoms with Crippen LogP contribution in [0.5, 0.6) is 0 Å². The van der Waals surface area contributed by atoms with Gasteiger partial charge < -0.3 is 20.0 Å². The summed E-state index contributed by atoms with van der Waals surface area (Å²) in [6.45, 7) is 4.61. The number of hydrogen-bond acceptors (Lipinski definition) is 2. The summed E-state index contributed by atoms with van der Waals surface area (Å²) in [4.78, 5) is 29.9. The predicted octanol–water partition coefficient (Wildman–Crippen LogP) is 1.04. The maximum Gasteiger partial charge on any atom is 0.318 e. The SMILES string of the molecule is O=C(N[C@@H]1CC(=O)N(c2ccc(F)cc2)C1)N1CC[NH+](Cc2ccccc2)CC1. The number of nitrogens with zero attached hydrogens (tertiary/aromatic N) is 2. The third-order valence-electron chi connectivity index (χ3n) is 5.65. The predicted molar refractivity (Wildman–Crippen MR) is 108 cm³/mol. The van der Waals surface area contributed by atoms with E-state index in [1.165, 1.54) is 22.6 Å². The number of carbonyl (C=O) groups excluding carboxylic acids is 2. The van der Waals surface area contributed by atoms with Crippen LogP contribution in [-0.4, -0.2) is 55.6 Å². The Morgan fingerprint density at radius 1 is 1.07 bits per heavy atom. The van der Waals surface area contributed by atoms with E-state index in [0.29, 0.717) is 25.3 Å². The summed E-state index contributed by atoms with van der Waals surface area (Å²) < 4.78 is 13.1. The summed E-state index contributed by atoms with van der Waals surface area (Å²) in [5.74, 6) is -0.391. The number of halogens is 1. The van der Waals surface area contributed by atoms with Crippen LogP contribution in [0.3, 0.4) is 0 Å². The van der Waals surface area contributed by atoms with Crippen molar-refractivity contribution in [2.24, 2.45) is 0 Å². The molecule has 0 spiro atoms. The third kappa shape index (κ3) is 4.74. The number of nitrogens with one attached hydrogen (secondary N) is 2. The van der Waals surface area contributed by atoms with Gasteiger partial charge in [0.05, 0.1) is 32.2 Å². The highest BCUT2D eigenvalue weighted by atomic mass is 19.1. The highest BCUT2D eigenvalue weighted by Crippen LogP contribution is 2.22. The van der Waals surface area contributed by atoms with Crippen LogP contribution in [-0.2, 0) is 11.3 Å². The number of piperazine rings is 1. The number of benzene rings is 2. The molecule has 1 atom stereocenters. The van der Waals surface area contributed by atoms with Crippen LogP contribution in [0.15, 0.2) is 54.6 Å². The number of hydrogen-bond donors (Lipinski definition) is 2. The van der Waals surface area contributed by atoms with Crippen molar-refractivity contribution in [3.05, 3.63) is 66.0 Å². The number of quaternary nitrogens is 1. The number of carbonyl (C=O) groups is 2. The van der Waals surface area contributed by atoms with E-state index in [1.807, 2.05) is 11.0 Å². The first-order valence-corrected chi connectivity index (χ1v) is 10.1. The molecule has 0 saturated carbocycles. The van der Waals surface area contributed by atoms with Crippen LogP contribution in [0, 0.1) is 5.82 Å². The lowest BCUT2D eigenvalue weighted by atomic mass is 10.2. The van der Waals surface area contributed by atoms with Crippen LogP contribution < -0.4 is 15.1 Å². The minimum absolute atomic E-state index is 0.0565. The Balaban J connectivity index is 1.26. The Morgan fingerprint density at radius 2 is 1.76 bits per heavy atom. The van der Waals surface area contributed by atoms with E-state index in [-0.39, 0.29) is 30.2 Å². The average molecular weight is 397 g/mol. The first-order valence-electron chi connectivity index (χ1n) is 10.1. The molecule has 3 amide bonds. The number of amides is 3. The normalized spacial score (nSPS) is 20.2. The number of urea groups is 1. The van der Waals surface area contributed by atoms with E-state index in [2.05, 4.69) is 29.6 Å². The molecule has 2 saturated heterocycles. The summed E-state index contributed by atoms with van der Waals surface area (Å²) in [5, 5.41) is 3.00. The van der Waals surface area contributed by atoms with E-state index >= 15 is 0 Å². The molecular weight excluding hydrogens is 371 g/mol. The van der Waals surface area contributed by atoms with Crippen molar-refractivity contribution in [2.75, 3.05) is 37.6 Å². The van der Waals surface area contributed by atoms with Crippen LogP contribution >= 0.6 is 0 Å². The Hall–Kier alpha value is -2.93. The van der Waals surface area contributed by atoms with Gasteiger partial charge in [-0.2, -0.15) is 0 Å². The largest absolute Gasteiger partial charge is 0.333 e. The van der Waals surface area contributed by atoms with Crippen LogP contribution in [0.25, 0.3) is 0 Å². The molecule has 7 heteroatoms. The molecule has 2 aliphatic rings. The quantitative estimate of drug-likeness (QED) is 0.810. The minimum Gasteiger partial charge on any atom is -0.333 e. The maximum atomic E-state index is 13.1. The monoisotopic (exact) mass is 397 g/mol. The Labute approximate surface area is 169 Å². The van der Waals surface area contributed by atoms with E-state index < -0.39 is 0 Å². The van der Waals surface area contributed by atoms with Crippen molar-refractivity contribution in [3.63, 3.8) is 0 Å². The van der Waals surface area contributed by atoms with Gasteiger partial charge in [-0.1, -0.05) is 30.3 Å². The topological polar surface area (TPSA) is 57.1 Å². The van der Waals surface area contributed by atoms with E-state index in [4.69, 9.17) is 0 Å². The van der Waals surface area contributed by atoms with Crippen LogP contribution in [0.1, 0.15) is 12.0 Å². The molecule has 2 aromatic rings. The molecule has 0 radical (unpaired) electrons. The lowest BCUT2D eigenvalue weighted by molar-refractivity contribution is -0.917. The van der Waals surface area contributed by atoms with Crippen LogP contribution in [0.2, 0.25) is 0 Å². The van der Waals surface area contributed by atoms with Gasteiger partial charge in [-0.3, -0.25) is 4.79 Å². The van der Waals surface area contributed by atoms with Crippen molar-refractivity contribution >= 4 is 17.6 Å². The first kappa shape index (κ1) is 19.4. The second-order valence-corrected chi connectivity index (χ2v) is 7.73. The highest BCUT2D eigenvalue weighted by molar-refractivity contribution is 5.96. The molecule has 152 valence electrons. The lowest BCUT2D eigenvalue weighted by Gasteiger charge is -2.33. The molecule has 2 fully saturated rings. The van der Waals surface area contributed by atoms with Crippen LogP contribution in [0.4, 0.5) is 14.9 Å². The second kappa shape index (κ2) is 8.61. The fraction of sp³-hybridized carbons (Fsp3) is 0.364. The summed E-state index contributed by atoms with van der Waals surface area (Å²) in [6, 6.07) is 15.9. The van der Waals surface area contributed by atoms with Gasteiger partial charge in [-0.15, -0.1) is 0 Å². The molecule has 2 aliphatic heterocycles. The van der Waals surface area contributed by atoms with Gasteiger partial charge in [-0.25, -0.2) is 9.18 Å². The first-order chi connectivity index (χ1) is 14.1. The molecule has 2 heterocycles. The van der Waals surface area contributed by atoms with Gasteiger partial charge in [0.2, 0.25) is 5.91 Å². The standard InChI is InChI=1S/C22H25FN4O2/c23-18-6-8-20(9-7-18)27-16-19(14-21(27)28)24-22(29)26-12-10-25(11-13-26)15-17-4-2-1-3-5-17/h1-9,19H,10-16H2,(H,24,29)/p+1/t19-/m1/s1. The summed E-state index contributed by atoms with van der Waals surface area (Å²) in [6.07, 6.45) is 0.266. The average Bonchev–Trinajstić information content (AvgIpc) is 3.10. The van der Waals surface area contributed by atoms with Gasteiger partial charge in [0.15, 0.2) is 0 Å². The molecular formula is C22H26FN4O2+. The lowest BCUT2D eigenvalue weighted by Crippen LogP contribution is -3.13. The Morgan fingerprint density at radius 3 is 2.45 bits per heavy atom. The number of rotatable bonds is 4. The second-order valence-electron chi connectivity index (χ2n) is 7.73. The van der Waals surface area contributed by atoms with Crippen molar-refractivity contribution in [3.8, 4) is 0 Å². The molecule has 2 aromatic carbocycles. The molecule has 0 unspecified atom stereocenters. The van der Waals surface area contributed by atoms with Gasteiger partial charge in [0.25, 0.3) is 0 Å². The maximum absolute atomic E-state index is 13.1.